The molecule has 2 unspecified atom stereocenters. The molecule has 1 aliphatic rings. The van der Waals surface area contributed by atoms with Crippen LogP contribution < -0.4 is 0 Å². The highest BCUT2D eigenvalue weighted by Crippen LogP contribution is 2.28. The normalized spacial score (nSPS) is 20.5. The highest BCUT2D eigenvalue weighted by Gasteiger charge is 2.23. The molecule has 2 N–H and O–H groups in total. The zero-order valence-electron chi connectivity index (χ0n) is 11.8. The standard InChI is InChI=1S/C8H16O2.C4H6O.C4H6/c9-5-7-3-1-2-4-8(7)6-10;1-3-5-4-2;1-3-4-2/h7-10H,1-6H2;3-4H,1-2H2;3-4H,1-2H2. The second kappa shape index (κ2) is 16.7. The first-order chi connectivity index (χ1) is 9.21. The number of aliphatic hydroxyl groups excluding tert-OH is 2. The zero-order chi connectivity index (χ0) is 14.9. The van der Waals surface area contributed by atoms with Crippen LogP contribution in [0, 0.1) is 11.8 Å². The summed E-state index contributed by atoms with van der Waals surface area (Å²) in [4.78, 5) is 0. The zero-order valence-corrected chi connectivity index (χ0v) is 11.8. The van der Waals surface area contributed by atoms with Gasteiger partial charge in [-0.3, -0.25) is 0 Å². The summed E-state index contributed by atoms with van der Waals surface area (Å²) in [5.41, 5.74) is 0. The van der Waals surface area contributed by atoms with Crippen molar-refractivity contribution < 1.29 is 14.9 Å². The molecule has 19 heavy (non-hydrogen) atoms. The van der Waals surface area contributed by atoms with Gasteiger partial charge in [0.2, 0.25) is 0 Å². The quantitative estimate of drug-likeness (QED) is 0.593. The van der Waals surface area contributed by atoms with Crippen molar-refractivity contribution in [3.8, 4) is 0 Å². The molecule has 2 atom stereocenters. The van der Waals surface area contributed by atoms with Gasteiger partial charge in [-0.05, 0) is 24.7 Å². The van der Waals surface area contributed by atoms with E-state index in [9.17, 15) is 0 Å². The van der Waals surface area contributed by atoms with E-state index in [1.54, 1.807) is 12.2 Å². The van der Waals surface area contributed by atoms with Gasteiger partial charge in [0.05, 0.1) is 12.5 Å². The number of hydrogen-bond acceptors (Lipinski definition) is 3. The summed E-state index contributed by atoms with van der Waals surface area (Å²) in [6, 6.07) is 0. The molecule has 1 saturated carbocycles. The Morgan fingerprint density at radius 3 is 1.37 bits per heavy atom. The molecular formula is C16H28O3. The molecule has 0 aromatic rings. The molecule has 0 saturated heterocycles. The van der Waals surface area contributed by atoms with Crippen molar-refractivity contribution in [1.29, 1.82) is 0 Å². The highest BCUT2D eigenvalue weighted by atomic mass is 16.5. The van der Waals surface area contributed by atoms with Crippen molar-refractivity contribution in [2.45, 2.75) is 25.7 Å². The smallest absolute Gasteiger partial charge is 0.0829 e. The minimum absolute atomic E-state index is 0.255. The van der Waals surface area contributed by atoms with Gasteiger partial charge in [-0.25, -0.2) is 0 Å². The summed E-state index contributed by atoms with van der Waals surface area (Å²) in [5, 5.41) is 17.8. The Kier molecular flexibility index (Phi) is 17.6. The second-order valence-corrected chi connectivity index (χ2v) is 4.11. The third-order valence-electron chi connectivity index (χ3n) is 2.89. The van der Waals surface area contributed by atoms with Crippen molar-refractivity contribution in [3.63, 3.8) is 0 Å². The predicted octanol–water partition coefficient (Wildman–Crippen LogP) is 3.43. The van der Waals surface area contributed by atoms with E-state index >= 15 is 0 Å². The lowest BCUT2D eigenvalue weighted by atomic mass is 9.80. The topological polar surface area (TPSA) is 49.7 Å². The Balaban J connectivity index is 0. The van der Waals surface area contributed by atoms with Crippen LogP contribution in [-0.4, -0.2) is 23.4 Å². The summed E-state index contributed by atoms with van der Waals surface area (Å²) in [7, 11) is 0. The fourth-order valence-electron chi connectivity index (χ4n) is 1.83. The van der Waals surface area contributed by atoms with E-state index in [1.807, 2.05) is 0 Å². The first-order valence-corrected chi connectivity index (χ1v) is 6.54. The Hall–Kier alpha value is -1.32. The van der Waals surface area contributed by atoms with E-state index in [4.69, 9.17) is 10.2 Å². The van der Waals surface area contributed by atoms with Crippen LogP contribution in [0.25, 0.3) is 0 Å². The fourth-order valence-corrected chi connectivity index (χ4v) is 1.83. The Morgan fingerprint density at radius 1 is 0.842 bits per heavy atom. The first kappa shape index (κ1) is 20.0. The van der Waals surface area contributed by atoms with Crippen molar-refractivity contribution in [2.75, 3.05) is 13.2 Å². The van der Waals surface area contributed by atoms with Crippen molar-refractivity contribution in [1.82, 2.24) is 0 Å². The molecule has 110 valence electrons. The largest absolute Gasteiger partial charge is 0.474 e. The maximum Gasteiger partial charge on any atom is 0.0829 e. The fraction of sp³-hybridized carbons (Fsp3) is 0.500. The third-order valence-corrected chi connectivity index (χ3v) is 2.89. The van der Waals surface area contributed by atoms with Gasteiger partial charge in [-0.2, -0.15) is 0 Å². The Bertz CT molecular complexity index is 212. The molecule has 1 rings (SSSR count). The molecule has 0 spiro atoms. The predicted molar refractivity (Wildman–Crippen MR) is 81.5 cm³/mol. The number of hydrogen-bond donors (Lipinski definition) is 2. The van der Waals surface area contributed by atoms with E-state index in [2.05, 4.69) is 31.1 Å². The van der Waals surface area contributed by atoms with E-state index in [1.165, 1.54) is 25.4 Å². The molecule has 0 heterocycles. The Morgan fingerprint density at radius 2 is 1.21 bits per heavy atom. The number of rotatable bonds is 5. The molecule has 0 aliphatic heterocycles. The molecule has 0 amide bonds. The molecule has 0 radical (unpaired) electrons. The highest BCUT2D eigenvalue weighted by molar-refractivity contribution is 4.88. The van der Waals surface area contributed by atoms with Crippen molar-refractivity contribution in [2.24, 2.45) is 11.8 Å². The van der Waals surface area contributed by atoms with Gasteiger partial charge < -0.3 is 14.9 Å². The first-order valence-electron chi connectivity index (χ1n) is 6.54. The minimum Gasteiger partial charge on any atom is -0.474 e. The van der Waals surface area contributed by atoms with Crippen LogP contribution in [0.1, 0.15) is 25.7 Å². The van der Waals surface area contributed by atoms with Gasteiger partial charge in [0.1, 0.15) is 0 Å². The summed E-state index contributed by atoms with van der Waals surface area (Å²) in [6.07, 6.45) is 10.5. The third kappa shape index (κ3) is 12.9. The van der Waals surface area contributed by atoms with Gasteiger partial charge in [0.15, 0.2) is 0 Å². The van der Waals surface area contributed by atoms with Crippen LogP contribution in [0.4, 0.5) is 0 Å². The van der Waals surface area contributed by atoms with Gasteiger partial charge in [0.25, 0.3) is 0 Å². The summed E-state index contributed by atoms with van der Waals surface area (Å²) in [5.74, 6) is 0.748. The SMILES string of the molecule is C=CC=C.C=COC=C.OCC1CCCCC1CO. The lowest BCUT2D eigenvalue weighted by Gasteiger charge is -2.28. The van der Waals surface area contributed by atoms with Gasteiger partial charge in [0, 0.05) is 13.2 Å². The molecule has 3 heteroatoms. The van der Waals surface area contributed by atoms with Crippen LogP contribution in [0.3, 0.4) is 0 Å². The molecule has 1 aliphatic carbocycles. The number of allylic oxidation sites excluding steroid dienone is 2. The van der Waals surface area contributed by atoms with E-state index in [-0.39, 0.29) is 13.2 Å². The van der Waals surface area contributed by atoms with E-state index < -0.39 is 0 Å². The number of ether oxygens (including phenoxy) is 1. The maximum absolute atomic E-state index is 8.88. The molecule has 1 fully saturated rings. The molecule has 3 nitrogen and oxygen atoms in total. The van der Waals surface area contributed by atoms with Crippen LogP contribution in [0.2, 0.25) is 0 Å². The average Bonchev–Trinajstić information content (AvgIpc) is 2.48. The van der Waals surface area contributed by atoms with Crippen LogP contribution in [-0.2, 0) is 4.74 Å². The number of aliphatic hydroxyl groups is 2. The maximum atomic E-state index is 8.88. The molecule has 0 aromatic carbocycles. The monoisotopic (exact) mass is 268 g/mol. The van der Waals surface area contributed by atoms with Crippen LogP contribution in [0.15, 0.2) is 51.0 Å². The van der Waals surface area contributed by atoms with Gasteiger partial charge in [-0.15, -0.1) is 0 Å². The Labute approximate surface area is 117 Å². The lowest BCUT2D eigenvalue weighted by Crippen LogP contribution is -2.25. The lowest BCUT2D eigenvalue weighted by molar-refractivity contribution is 0.0869. The van der Waals surface area contributed by atoms with Gasteiger partial charge in [-0.1, -0.05) is 51.3 Å². The minimum atomic E-state index is 0.255. The van der Waals surface area contributed by atoms with E-state index in [0.717, 1.165) is 12.8 Å². The second-order valence-electron chi connectivity index (χ2n) is 4.11. The summed E-state index contributed by atoms with van der Waals surface area (Å²) >= 11 is 0. The summed E-state index contributed by atoms with van der Waals surface area (Å²) in [6.45, 7) is 13.7. The van der Waals surface area contributed by atoms with Crippen LogP contribution in [0.5, 0.6) is 0 Å². The van der Waals surface area contributed by atoms with Gasteiger partial charge >= 0.3 is 0 Å². The van der Waals surface area contributed by atoms with Crippen LogP contribution >= 0.6 is 0 Å². The average molecular weight is 268 g/mol. The molecular weight excluding hydrogens is 240 g/mol. The van der Waals surface area contributed by atoms with Crippen molar-refractivity contribution >= 4 is 0 Å². The molecule has 0 bridgehead atoms. The van der Waals surface area contributed by atoms with Crippen molar-refractivity contribution in [3.05, 3.63) is 51.0 Å². The summed E-state index contributed by atoms with van der Waals surface area (Å²) < 4.78 is 4.36. The molecule has 0 aromatic heterocycles. The van der Waals surface area contributed by atoms with E-state index in [0.29, 0.717) is 11.8 Å².